The number of carbonyl (C=O) groups is 1. The first-order valence-electron chi connectivity index (χ1n) is 6.69. The van der Waals surface area contributed by atoms with E-state index in [2.05, 4.69) is 5.32 Å². The van der Waals surface area contributed by atoms with Crippen LogP contribution < -0.4 is 14.8 Å². The zero-order valence-corrected chi connectivity index (χ0v) is 13.4. The van der Waals surface area contributed by atoms with Crippen LogP contribution in [0.1, 0.15) is 5.56 Å². The molecule has 4 nitrogen and oxygen atoms in total. The number of hydrogen-bond donors (Lipinski definition) is 1. The molecule has 0 fully saturated rings. The van der Waals surface area contributed by atoms with Gasteiger partial charge in [0, 0.05) is 6.08 Å². The van der Waals surface area contributed by atoms with Gasteiger partial charge in [-0.2, -0.15) is 0 Å². The fourth-order valence-corrected chi connectivity index (χ4v) is 2.11. The van der Waals surface area contributed by atoms with E-state index in [1.165, 1.54) is 25.3 Å². The Morgan fingerprint density at radius 2 is 1.87 bits per heavy atom. The highest BCUT2D eigenvalue weighted by atomic mass is 35.5. The summed E-state index contributed by atoms with van der Waals surface area (Å²) >= 11 is 5.85. The van der Waals surface area contributed by atoms with E-state index in [9.17, 15) is 9.18 Å². The van der Waals surface area contributed by atoms with Gasteiger partial charge in [0.15, 0.2) is 11.5 Å². The molecule has 6 heteroatoms. The third-order valence-corrected chi connectivity index (χ3v) is 3.34. The lowest BCUT2D eigenvalue weighted by molar-refractivity contribution is -0.111. The molecule has 2 aromatic carbocycles. The molecule has 23 heavy (non-hydrogen) atoms. The molecule has 0 spiro atoms. The molecule has 0 atom stereocenters. The van der Waals surface area contributed by atoms with Gasteiger partial charge in [-0.1, -0.05) is 17.7 Å². The number of carbonyl (C=O) groups excluding carboxylic acids is 1. The van der Waals surface area contributed by atoms with Crippen LogP contribution in [0.15, 0.2) is 42.5 Å². The minimum absolute atomic E-state index is 0.137. The maximum Gasteiger partial charge on any atom is 0.248 e. The fraction of sp³-hybridized carbons (Fsp3) is 0.118. The lowest BCUT2D eigenvalue weighted by atomic mass is 10.2. The molecular weight excluding hydrogens is 321 g/mol. The van der Waals surface area contributed by atoms with Gasteiger partial charge < -0.3 is 14.8 Å². The third kappa shape index (κ3) is 4.47. The van der Waals surface area contributed by atoms with Crippen molar-refractivity contribution in [2.75, 3.05) is 19.5 Å². The molecule has 0 aromatic heterocycles. The number of amides is 1. The molecule has 0 bridgehead atoms. The summed E-state index contributed by atoms with van der Waals surface area (Å²) in [4.78, 5) is 11.9. The first-order valence-corrected chi connectivity index (χ1v) is 7.07. The van der Waals surface area contributed by atoms with Crippen LogP contribution in [0, 0.1) is 5.82 Å². The van der Waals surface area contributed by atoms with Gasteiger partial charge in [-0.15, -0.1) is 0 Å². The Bertz CT molecular complexity index is 747. The molecule has 2 aromatic rings. The smallest absolute Gasteiger partial charge is 0.248 e. The molecule has 0 aliphatic heterocycles. The van der Waals surface area contributed by atoms with Crippen LogP contribution in [0.5, 0.6) is 11.5 Å². The average Bonchev–Trinajstić information content (AvgIpc) is 2.55. The van der Waals surface area contributed by atoms with Crippen molar-refractivity contribution in [1.29, 1.82) is 0 Å². The van der Waals surface area contributed by atoms with Crippen LogP contribution in [-0.4, -0.2) is 20.1 Å². The van der Waals surface area contributed by atoms with Gasteiger partial charge in [0.1, 0.15) is 5.82 Å². The van der Waals surface area contributed by atoms with Crippen molar-refractivity contribution < 1.29 is 18.7 Å². The van der Waals surface area contributed by atoms with E-state index in [1.807, 2.05) is 0 Å². The minimum atomic E-state index is -0.464. The summed E-state index contributed by atoms with van der Waals surface area (Å²) < 4.78 is 23.3. The number of benzene rings is 2. The lowest BCUT2D eigenvalue weighted by Crippen LogP contribution is -2.08. The fourth-order valence-electron chi connectivity index (χ4n) is 1.89. The van der Waals surface area contributed by atoms with Crippen LogP contribution in [0.25, 0.3) is 6.08 Å². The Balaban J connectivity index is 2.09. The Labute approximate surface area is 138 Å². The molecular formula is C17H15ClFNO3. The lowest BCUT2D eigenvalue weighted by Gasteiger charge is -2.07. The van der Waals surface area contributed by atoms with Crippen molar-refractivity contribution >= 4 is 29.3 Å². The van der Waals surface area contributed by atoms with E-state index in [-0.39, 0.29) is 10.9 Å². The summed E-state index contributed by atoms with van der Waals surface area (Å²) in [5.74, 6) is 0.325. The van der Waals surface area contributed by atoms with Gasteiger partial charge >= 0.3 is 0 Å². The summed E-state index contributed by atoms with van der Waals surface area (Å²) in [5, 5.41) is 2.72. The van der Waals surface area contributed by atoms with Gasteiger partial charge in [-0.05, 0) is 42.0 Å². The minimum Gasteiger partial charge on any atom is -0.493 e. The van der Waals surface area contributed by atoms with Gasteiger partial charge in [0.05, 0.1) is 24.9 Å². The molecule has 120 valence electrons. The number of ether oxygens (including phenoxy) is 2. The monoisotopic (exact) mass is 335 g/mol. The van der Waals surface area contributed by atoms with E-state index >= 15 is 0 Å². The van der Waals surface area contributed by atoms with Gasteiger partial charge in [-0.25, -0.2) is 4.39 Å². The predicted molar refractivity (Wildman–Crippen MR) is 88.6 cm³/mol. The summed E-state index contributed by atoms with van der Waals surface area (Å²) in [5.41, 5.74) is 1.11. The predicted octanol–water partition coefficient (Wildman–Crippen LogP) is 4.15. The number of rotatable bonds is 5. The van der Waals surface area contributed by atoms with Crippen molar-refractivity contribution in [3.05, 3.63) is 58.9 Å². The highest BCUT2D eigenvalue weighted by molar-refractivity contribution is 6.33. The Morgan fingerprint density at radius 1 is 1.13 bits per heavy atom. The number of halogens is 2. The van der Waals surface area contributed by atoms with Crippen LogP contribution in [0.4, 0.5) is 10.1 Å². The van der Waals surface area contributed by atoms with Crippen molar-refractivity contribution in [2.45, 2.75) is 0 Å². The summed E-state index contributed by atoms with van der Waals surface area (Å²) in [7, 11) is 3.09. The van der Waals surface area contributed by atoms with Gasteiger partial charge in [0.25, 0.3) is 0 Å². The van der Waals surface area contributed by atoms with Gasteiger partial charge in [-0.3, -0.25) is 4.79 Å². The number of methoxy groups -OCH3 is 2. The standard InChI is InChI=1S/C17H15ClFNO3/c1-22-15-7-3-11(9-16(15)23-2)4-8-17(21)20-14-6-5-12(19)10-13(14)18/h3-10H,1-2H3,(H,20,21)/b8-4+. The molecule has 0 heterocycles. The SMILES string of the molecule is COc1ccc(/C=C/C(=O)Nc2ccc(F)cc2Cl)cc1OC. The second kappa shape index (κ2) is 7.65. The Hall–Kier alpha value is -2.53. The second-order valence-electron chi connectivity index (χ2n) is 4.56. The first kappa shape index (κ1) is 16.8. The maximum atomic E-state index is 13.0. The van der Waals surface area contributed by atoms with Gasteiger partial charge in [0.2, 0.25) is 5.91 Å². The summed E-state index contributed by atoms with van der Waals surface area (Å²) in [6.07, 6.45) is 2.97. The van der Waals surface area contributed by atoms with Crippen molar-refractivity contribution in [2.24, 2.45) is 0 Å². The summed E-state index contributed by atoms with van der Waals surface area (Å²) in [6.45, 7) is 0. The van der Waals surface area contributed by atoms with Crippen molar-refractivity contribution in [3.63, 3.8) is 0 Å². The molecule has 0 saturated heterocycles. The quantitative estimate of drug-likeness (QED) is 0.835. The van der Waals surface area contributed by atoms with Crippen LogP contribution in [0.3, 0.4) is 0 Å². The molecule has 2 rings (SSSR count). The van der Waals surface area contributed by atoms with Crippen molar-refractivity contribution in [3.8, 4) is 11.5 Å². The average molecular weight is 336 g/mol. The largest absolute Gasteiger partial charge is 0.493 e. The normalized spacial score (nSPS) is 10.6. The second-order valence-corrected chi connectivity index (χ2v) is 4.97. The number of nitrogens with one attached hydrogen (secondary N) is 1. The molecule has 1 amide bonds. The topological polar surface area (TPSA) is 47.6 Å². The number of hydrogen-bond acceptors (Lipinski definition) is 3. The van der Waals surface area contributed by atoms with Crippen LogP contribution >= 0.6 is 11.6 Å². The maximum absolute atomic E-state index is 13.0. The third-order valence-electron chi connectivity index (χ3n) is 3.02. The van der Waals surface area contributed by atoms with Crippen LogP contribution in [-0.2, 0) is 4.79 Å². The molecule has 0 saturated carbocycles. The molecule has 0 radical (unpaired) electrons. The van der Waals surface area contributed by atoms with E-state index in [0.717, 1.165) is 11.6 Å². The summed E-state index contributed by atoms with van der Waals surface area (Å²) in [6, 6.07) is 9.03. The first-order chi connectivity index (χ1) is 11.0. The van der Waals surface area contributed by atoms with E-state index in [0.29, 0.717) is 17.2 Å². The molecule has 1 N–H and O–H groups in total. The number of anilines is 1. The van der Waals surface area contributed by atoms with E-state index in [4.69, 9.17) is 21.1 Å². The highest BCUT2D eigenvalue weighted by Crippen LogP contribution is 2.28. The van der Waals surface area contributed by atoms with E-state index < -0.39 is 5.82 Å². The van der Waals surface area contributed by atoms with Crippen LogP contribution in [0.2, 0.25) is 5.02 Å². The molecule has 0 unspecified atom stereocenters. The van der Waals surface area contributed by atoms with E-state index in [1.54, 1.807) is 31.4 Å². The highest BCUT2D eigenvalue weighted by Gasteiger charge is 2.05. The Kier molecular flexibility index (Phi) is 5.60. The Morgan fingerprint density at radius 3 is 2.52 bits per heavy atom. The molecule has 0 aliphatic carbocycles. The molecule has 0 aliphatic rings. The zero-order valence-electron chi connectivity index (χ0n) is 12.6. The zero-order chi connectivity index (χ0) is 16.8. The van der Waals surface area contributed by atoms with Crippen molar-refractivity contribution in [1.82, 2.24) is 0 Å².